The highest BCUT2D eigenvalue weighted by molar-refractivity contribution is 7.32. The largest absolute Gasteiger partial charge is 0.453 e. The van der Waals surface area contributed by atoms with E-state index in [4.69, 9.17) is 12.9 Å². The lowest BCUT2D eigenvalue weighted by Crippen LogP contribution is -2.10. The third-order valence-corrected chi connectivity index (χ3v) is 7.85. The molecule has 0 bridgehead atoms. The third kappa shape index (κ3) is 4.27. The monoisotopic (exact) mass is 508 g/mol. The van der Waals surface area contributed by atoms with Gasteiger partial charge < -0.3 is 18.0 Å². The van der Waals surface area contributed by atoms with Crippen molar-refractivity contribution in [2.45, 2.75) is 39.7 Å². The van der Waals surface area contributed by atoms with Crippen LogP contribution in [0.25, 0.3) is 43.5 Å². The molecule has 0 amide bonds. The molecule has 1 aromatic heterocycles. The fourth-order valence-electron chi connectivity index (χ4n) is 4.92. The molecule has 1 unspecified atom stereocenters. The van der Waals surface area contributed by atoms with Gasteiger partial charge in [0.25, 0.3) is 0 Å². The summed E-state index contributed by atoms with van der Waals surface area (Å²) in [6, 6.07) is 28.9. The number of benzene rings is 5. The van der Waals surface area contributed by atoms with Gasteiger partial charge in [0.05, 0.1) is 6.61 Å². The average Bonchev–Trinajstić information content (AvgIpc) is 3.03. The molecule has 6 aromatic rings. The molecule has 0 saturated heterocycles. The Kier molecular flexibility index (Phi) is 5.75. The summed E-state index contributed by atoms with van der Waals surface area (Å²) < 4.78 is 19.7. The van der Waals surface area contributed by atoms with E-state index in [1.165, 1.54) is 0 Å². The maximum atomic E-state index is 10.2. The second-order valence-electron chi connectivity index (χ2n) is 10.6. The van der Waals surface area contributed by atoms with Gasteiger partial charge >= 0.3 is 8.24 Å². The Hall–Kier alpha value is -3.72. The minimum Gasteiger partial charge on any atom is -0.392 e. The molecular formula is C32H29O4P. The fraction of sp³-hybridized carbons (Fsp3) is 0.188. The fourth-order valence-corrected chi connectivity index (χ4v) is 6.05. The summed E-state index contributed by atoms with van der Waals surface area (Å²) >= 11 is 0. The maximum Gasteiger partial charge on any atom is 0.453 e. The van der Waals surface area contributed by atoms with Gasteiger partial charge in [-0.2, -0.15) is 0 Å². The van der Waals surface area contributed by atoms with Crippen molar-refractivity contribution in [3.8, 4) is 5.75 Å². The van der Waals surface area contributed by atoms with Crippen LogP contribution in [0.4, 0.5) is 0 Å². The minimum atomic E-state index is -1.89. The number of hydrogen-bond donors (Lipinski definition) is 1. The van der Waals surface area contributed by atoms with E-state index in [1.54, 1.807) is 0 Å². The van der Waals surface area contributed by atoms with Crippen molar-refractivity contribution in [1.82, 2.24) is 0 Å². The van der Waals surface area contributed by atoms with Gasteiger partial charge in [0.1, 0.15) is 5.58 Å². The highest BCUT2D eigenvalue weighted by Gasteiger charge is 2.19. The number of fused-ring (bicyclic) bond motifs is 5. The number of rotatable bonds is 3. The van der Waals surface area contributed by atoms with Crippen LogP contribution >= 0.6 is 8.24 Å². The van der Waals surface area contributed by atoms with Crippen LogP contribution in [-0.4, -0.2) is 5.11 Å². The Labute approximate surface area is 216 Å². The minimum absolute atomic E-state index is 0.0489. The summed E-state index contributed by atoms with van der Waals surface area (Å²) in [5.41, 5.74) is 4.19. The zero-order valence-electron chi connectivity index (χ0n) is 21.4. The second-order valence-corrected chi connectivity index (χ2v) is 11.6. The van der Waals surface area contributed by atoms with E-state index in [-0.39, 0.29) is 12.0 Å². The smallest absolute Gasteiger partial charge is 0.392 e. The zero-order valence-corrected chi connectivity index (χ0v) is 22.3. The van der Waals surface area contributed by atoms with Crippen molar-refractivity contribution in [2.75, 3.05) is 0 Å². The van der Waals surface area contributed by atoms with Crippen LogP contribution in [0.3, 0.4) is 0 Å². The van der Waals surface area contributed by atoms with Crippen molar-refractivity contribution in [3.05, 3.63) is 102 Å². The molecule has 0 spiro atoms. The molecule has 1 N–H and O–H groups in total. The lowest BCUT2D eigenvalue weighted by atomic mass is 9.86. The predicted octanol–water partition coefficient (Wildman–Crippen LogP) is 9.54. The Morgan fingerprint density at radius 3 is 2.08 bits per heavy atom. The van der Waals surface area contributed by atoms with Gasteiger partial charge in [-0.05, 0) is 58.5 Å². The predicted molar refractivity (Wildman–Crippen MR) is 153 cm³/mol. The van der Waals surface area contributed by atoms with Crippen LogP contribution in [-0.2, 0) is 12.0 Å². The molecule has 0 aliphatic carbocycles. The van der Waals surface area contributed by atoms with E-state index in [2.05, 4.69) is 75.4 Å². The number of aryl methyl sites for hydroxylation is 1. The van der Waals surface area contributed by atoms with Gasteiger partial charge in [0.2, 0.25) is 0 Å². The highest BCUT2D eigenvalue weighted by atomic mass is 31.1. The molecule has 1 heterocycles. The first-order chi connectivity index (χ1) is 17.8. The normalized spacial score (nSPS) is 12.5. The average molecular weight is 509 g/mol. The number of hydrogen-bond acceptors (Lipinski definition) is 4. The van der Waals surface area contributed by atoms with E-state index in [9.17, 15) is 5.11 Å². The first kappa shape index (κ1) is 23.7. The Bertz CT molecular complexity index is 1790. The Morgan fingerprint density at radius 2 is 1.43 bits per heavy atom. The summed E-state index contributed by atoms with van der Waals surface area (Å²) in [5, 5.41) is 16.2. The molecule has 6 rings (SSSR count). The van der Waals surface area contributed by atoms with Gasteiger partial charge in [0, 0.05) is 27.1 Å². The standard InChI is InChI=1S/C32H29O4P/c1-20-15-23(19-33)30-28(16-20)27-14-13-24(32(2,3)4)18-29(27)34-37(35-30)36-31-25-11-7-5-9-21(25)17-22-10-6-8-12-26(22)31/h5-18,33H,19H2,1-4H3. The topological polar surface area (TPSA) is 55.7 Å². The zero-order chi connectivity index (χ0) is 25.7. The first-order valence-corrected chi connectivity index (χ1v) is 13.6. The molecule has 4 nitrogen and oxygen atoms in total. The molecule has 0 fully saturated rings. The molecule has 1 atom stereocenters. The van der Waals surface area contributed by atoms with E-state index in [0.29, 0.717) is 11.1 Å². The summed E-state index contributed by atoms with van der Waals surface area (Å²) in [6.07, 6.45) is 0. The van der Waals surface area contributed by atoms with Crippen LogP contribution in [0.15, 0.2) is 93.3 Å². The van der Waals surface area contributed by atoms with Crippen molar-refractivity contribution < 1.29 is 18.0 Å². The summed E-state index contributed by atoms with van der Waals surface area (Å²) in [4.78, 5) is 0. The molecule has 186 valence electrons. The molecule has 0 radical (unpaired) electrons. The van der Waals surface area contributed by atoms with E-state index >= 15 is 0 Å². The Balaban J connectivity index is 1.70. The van der Waals surface area contributed by atoms with Crippen molar-refractivity contribution >= 4 is 51.7 Å². The number of aliphatic hydroxyl groups is 1. The van der Waals surface area contributed by atoms with Crippen LogP contribution in [0, 0.1) is 6.92 Å². The van der Waals surface area contributed by atoms with Gasteiger partial charge in [-0.15, -0.1) is 0 Å². The summed E-state index contributed by atoms with van der Waals surface area (Å²) in [7, 11) is -1.89. The quantitative estimate of drug-likeness (QED) is 0.242. The maximum absolute atomic E-state index is 10.2. The van der Waals surface area contributed by atoms with Gasteiger partial charge in [-0.3, -0.25) is 0 Å². The second kappa shape index (κ2) is 8.99. The van der Waals surface area contributed by atoms with Crippen molar-refractivity contribution in [3.63, 3.8) is 0 Å². The SMILES string of the molecule is Cc1cc(CO)c2op(Oc3c4ccccc4cc4ccccc34)oc3cc(C(C)(C)C)ccc3c2c1. The molecule has 0 aliphatic heterocycles. The van der Waals surface area contributed by atoms with Gasteiger partial charge in [0.15, 0.2) is 11.3 Å². The molecule has 37 heavy (non-hydrogen) atoms. The summed E-state index contributed by atoms with van der Waals surface area (Å²) in [6.45, 7) is 8.44. The van der Waals surface area contributed by atoms with Crippen LogP contribution in [0.2, 0.25) is 0 Å². The number of aliphatic hydroxyl groups excluding tert-OH is 1. The van der Waals surface area contributed by atoms with Crippen molar-refractivity contribution in [2.24, 2.45) is 0 Å². The van der Waals surface area contributed by atoms with Gasteiger partial charge in [-0.25, -0.2) is 0 Å². The van der Waals surface area contributed by atoms with Crippen LogP contribution in [0.1, 0.15) is 37.5 Å². The summed E-state index contributed by atoms with van der Waals surface area (Å²) in [5.74, 6) is 0.731. The molecular weight excluding hydrogens is 479 g/mol. The molecule has 5 heteroatoms. The van der Waals surface area contributed by atoms with Crippen LogP contribution in [0.5, 0.6) is 5.75 Å². The van der Waals surface area contributed by atoms with E-state index in [1.807, 2.05) is 37.3 Å². The first-order valence-electron chi connectivity index (χ1n) is 12.5. The van der Waals surface area contributed by atoms with E-state index < -0.39 is 8.24 Å². The van der Waals surface area contributed by atoms with Gasteiger partial charge in [-0.1, -0.05) is 81.4 Å². The molecule has 5 aromatic carbocycles. The molecule has 0 saturated carbocycles. The van der Waals surface area contributed by atoms with Crippen LogP contribution < -0.4 is 4.52 Å². The lowest BCUT2D eigenvalue weighted by Gasteiger charge is -2.18. The molecule has 0 aliphatic rings. The lowest BCUT2D eigenvalue weighted by molar-refractivity contribution is 0.282. The van der Waals surface area contributed by atoms with Crippen molar-refractivity contribution in [1.29, 1.82) is 0 Å². The third-order valence-electron chi connectivity index (χ3n) is 6.84. The van der Waals surface area contributed by atoms with E-state index in [0.717, 1.165) is 54.8 Å². The Morgan fingerprint density at radius 1 is 0.757 bits per heavy atom. The highest BCUT2D eigenvalue weighted by Crippen LogP contribution is 2.44.